The lowest BCUT2D eigenvalue weighted by Crippen LogP contribution is -2.45. The van der Waals surface area contributed by atoms with Gasteiger partial charge in [-0.3, -0.25) is 9.29 Å². The summed E-state index contributed by atoms with van der Waals surface area (Å²) in [6.07, 6.45) is 0.518. The Labute approximate surface area is 107 Å². The van der Waals surface area contributed by atoms with Crippen molar-refractivity contribution in [1.82, 2.24) is 10.2 Å². The van der Waals surface area contributed by atoms with Gasteiger partial charge in [-0.25, -0.2) is 0 Å². The first-order chi connectivity index (χ1) is 8.33. The van der Waals surface area contributed by atoms with E-state index in [9.17, 15) is 4.39 Å². The van der Waals surface area contributed by atoms with E-state index in [1.165, 1.54) is 0 Å². The van der Waals surface area contributed by atoms with E-state index in [0.717, 1.165) is 36.8 Å². The second kappa shape index (κ2) is 6.34. The highest BCUT2D eigenvalue weighted by molar-refractivity contribution is 6.31. The minimum atomic E-state index is -0.306. The molecule has 1 saturated heterocycles. The van der Waals surface area contributed by atoms with Crippen LogP contribution in [0.1, 0.15) is 18.0 Å². The van der Waals surface area contributed by atoms with E-state index in [-0.39, 0.29) is 12.7 Å². The summed E-state index contributed by atoms with van der Waals surface area (Å²) in [7, 11) is 0. The molecule has 2 nitrogen and oxygen atoms in total. The number of halogens is 2. The van der Waals surface area contributed by atoms with Gasteiger partial charge in [0.2, 0.25) is 0 Å². The second-order valence-corrected chi connectivity index (χ2v) is 4.71. The van der Waals surface area contributed by atoms with E-state index in [1.54, 1.807) is 0 Å². The van der Waals surface area contributed by atoms with Crippen molar-refractivity contribution in [2.24, 2.45) is 0 Å². The number of alkyl halides is 1. The zero-order valence-corrected chi connectivity index (χ0v) is 10.6. The second-order valence-electron chi connectivity index (χ2n) is 4.30. The topological polar surface area (TPSA) is 15.3 Å². The molecule has 0 aromatic heterocycles. The molecule has 0 saturated carbocycles. The Morgan fingerprint density at radius 2 is 2.00 bits per heavy atom. The summed E-state index contributed by atoms with van der Waals surface area (Å²) in [6.45, 7) is 3.53. The minimum absolute atomic E-state index is 0.107. The molecule has 0 spiro atoms. The molecule has 0 amide bonds. The molecule has 2 rings (SSSR count). The average Bonchev–Trinajstić information content (AvgIpc) is 2.38. The molecule has 0 radical (unpaired) electrons. The van der Waals surface area contributed by atoms with Crippen molar-refractivity contribution in [3.8, 4) is 0 Å². The zero-order chi connectivity index (χ0) is 12.1. The first kappa shape index (κ1) is 12.8. The molecule has 0 aliphatic carbocycles. The van der Waals surface area contributed by atoms with Crippen LogP contribution in [0.2, 0.25) is 5.02 Å². The van der Waals surface area contributed by atoms with Crippen molar-refractivity contribution in [2.45, 2.75) is 12.5 Å². The van der Waals surface area contributed by atoms with Crippen LogP contribution in [0.15, 0.2) is 24.3 Å². The Kier molecular flexibility index (Phi) is 4.77. The van der Waals surface area contributed by atoms with Crippen LogP contribution in [0.3, 0.4) is 0 Å². The number of hydrogen-bond donors (Lipinski definition) is 1. The molecule has 1 aliphatic rings. The van der Waals surface area contributed by atoms with Crippen LogP contribution < -0.4 is 5.32 Å². The monoisotopic (exact) mass is 256 g/mol. The fraction of sp³-hybridized carbons (Fsp3) is 0.538. The van der Waals surface area contributed by atoms with Crippen molar-refractivity contribution in [3.63, 3.8) is 0 Å². The molecule has 1 fully saturated rings. The van der Waals surface area contributed by atoms with Crippen LogP contribution in [0.25, 0.3) is 0 Å². The van der Waals surface area contributed by atoms with E-state index in [4.69, 9.17) is 11.6 Å². The molecule has 0 unspecified atom stereocenters. The lowest BCUT2D eigenvalue weighted by Gasteiger charge is -2.35. The van der Waals surface area contributed by atoms with Crippen molar-refractivity contribution < 1.29 is 4.39 Å². The summed E-state index contributed by atoms with van der Waals surface area (Å²) < 4.78 is 12.7. The van der Waals surface area contributed by atoms with E-state index in [0.29, 0.717) is 6.42 Å². The van der Waals surface area contributed by atoms with Crippen LogP contribution in [-0.2, 0) is 0 Å². The third-order valence-electron chi connectivity index (χ3n) is 3.24. The molecule has 1 aromatic carbocycles. The van der Waals surface area contributed by atoms with Gasteiger partial charge in [0, 0.05) is 37.2 Å². The molecule has 1 aliphatic heterocycles. The van der Waals surface area contributed by atoms with Gasteiger partial charge < -0.3 is 5.32 Å². The Balaban J connectivity index is 2.18. The van der Waals surface area contributed by atoms with Crippen LogP contribution >= 0.6 is 11.6 Å². The highest BCUT2D eigenvalue weighted by Gasteiger charge is 2.23. The normalized spacial score (nSPS) is 19.2. The standard InChI is InChI=1S/C13H18ClFN2/c14-12-4-2-1-3-11(12)13(5-6-15)17-9-7-16-8-10-17/h1-4,13,16H,5-10H2/t13-/m1/s1. The van der Waals surface area contributed by atoms with Gasteiger partial charge in [-0.2, -0.15) is 0 Å². The summed E-state index contributed by atoms with van der Waals surface area (Å²) in [5, 5.41) is 4.05. The maximum Gasteiger partial charge on any atom is 0.0912 e. The van der Waals surface area contributed by atoms with Crippen molar-refractivity contribution in [3.05, 3.63) is 34.9 Å². The first-order valence-electron chi connectivity index (χ1n) is 6.08. The molecule has 1 atom stereocenters. The SMILES string of the molecule is FCC[C@H](c1ccccc1Cl)N1CCNCC1. The molecular formula is C13H18ClFN2. The smallest absolute Gasteiger partial charge is 0.0912 e. The van der Waals surface area contributed by atoms with Crippen molar-refractivity contribution in [1.29, 1.82) is 0 Å². The number of benzene rings is 1. The van der Waals surface area contributed by atoms with E-state index < -0.39 is 0 Å². The van der Waals surface area contributed by atoms with Gasteiger partial charge in [0.15, 0.2) is 0 Å². The van der Waals surface area contributed by atoms with Crippen LogP contribution in [0.5, 0.6) is 0 Å². The molecule has 1 N–H and O–H groups in total. The van der Waals surface area contributed by atoms with E-state index in [1.807, 2.05) is 24.3 Å². The highest BCUT2D eigenvalue weighted by Crippen LogP contribution is 2.30. The predicted molar refractivity (Wildman–Crippen MR) is 69.2 cm³/mol. The maximum absolute atomic E-state index is 12.7. The van der Waals surface area contributed by atoms with Gasteiger partial charge in [-0.15, -0.1) is 0 Å². The summed E-state index contributed by atoms with van der Waals surface area (Å²) in [5.74, 6) is 0. The van der Waals surface area contributed by atoms with Crippen molar-refractivity contribution in [2.75, 3.05) is 32.9 Å². The molecule has 4 heteroatoms. The van der Waals surface area contributed by atoms with Gasteiger partial charge in [-0.1, -0.05) is 29.8 Å². The Hall–Kier alpha value is -0.640. The lowest BCUT2D eigenvalue weighted by atomic mass is 10.0. The quantitative estimate of drug-likeness (QED) is 0.891. The van der Waals surface area contributed by atoms with Gasteiger partial charge in [0.05, 0.1) is 6.67 Å². The Morgan fingerprint density at radius 3 is 2.65 bits per heavy atom. The molecule has 1 heterocycles. The van der Waals surface area contributed by atoms with Crippen molar-refractivity contribution >= 4 is 11.6 Å². The number of nitrogens with one attached hydrogen (secondary N) is 1. The molecule has 17 heavy (non-hydrogen) atoms. The van der Waals surface area contributed by atoms with Crippen LogP contribution in [0, 0.1) is 0 Å². The third-order valence-corrected chi connectivity index (χ3v) is 3.58. The Bertz CT molecular complexity index is 353. The van der Waals surface area contributed by atoms with Gasteiger partial charge in [0.25, 0.3) is 0 Å². The molecule has 94 valence electrons. The van der Waals surface area contributed by atoms with Gasteiger partial charge >= 0.3 is 0 Å². The zero-order valence-electron chi connectivity index (χ0n) is 9.83. The third kappa shape index (κ3) is 3.18. The fourth-order valence-electron chi connectivity index (χ4n) is 2.38. The predicted octanol–water partition coefficient (Wildman–Crippen LogP) is 2.65. The molecule has 0 bridgehead atoms. The number of nitrogens with zero attached hydrogens (tertiary/aromatic N) is 1. The number of piperazine rings is 1. The van der Waals surface area contributed by atoms with E-state index in [2.05, 4.69) is 10.2 Å². The first-order valence-corrected chi connectivity index (χ1v) is 6.46. The summed E-state index contributed by atoms with van der Waals surface area (Å²) in [6, 6.07) is 7.87. The van der Waals surface area contributed by atoms with E-state index >= 15 is 0 Å². The summed E-state index contributed by atoms with van der Waals surface area (Å²) in [5.41, 5.74) is 1.05. The lowest BCUT2D eigenvalue weighted by molar-refractivity contribution is 0.157. The summed E-state index contributed by atoms with van der Waals surface area (Å²) >= 11 is 6.21. The average molecular weight is 257 g/mol. The fourth-order valence-corrected chi connectivity index (χ4v) is 2.64. The largest absolute Gasteiger partial charge is 0.314 e. The molecule has 1 aromatic rings. The highest BCUT2D eigenvalue weighted by atomic mass is 35.5. The Morgan fingerprint density at radius 1 is 1.29 bits per heavy atom. The number of hydrogen-bond acceptors (Lipinski definition) is 2. The van der Waals surface area contributed by atoms with Gasteiger partial charge in [0.1, 0.15) is 0 Å². The van der Waals surface area contributed by atoms with Crippen LogP contribution in [-0.4, -0.2) is 37.8 Å². The minimum Gasteiger partial charge on any atom is -0.314 e. The van der Waals surface area contributed by atoms with Crippen LogP contribution in [0.4, 0.5) is 4.39 Å². The summed E-state index contributed by atoms with van der Waals surface area (Å²) in [4.78, 5) is 2.32. The van der Waals surface area contributed by atoms with Gasteiger partial charge in [-0.05, 0) is 18.1 Å². The maximum atomic E-state index is 12.7. The number of rotatable bonds is 4. The molecular weight excluding hydrogens is 239 g/mol.